The Bertz CT molecular complexity index is 401. The largest absolute Gasteiger partial charge is 0.375 e. The van der Waals surface area contributed by atoms with Crippen LogP contribution in [0.1, 0.15) is 36.1 Å². The minimum Gasteiger partial charge on any atom is -0.375 e. The second-order valence-electron chi connectivity index (χ2n) is 4.84. The van der Waals surface area contributed by atoms with Gasteiger partial charge in [-0.3, -0.25) is 0 Å². The van der Waals surface area contributed by atoms with E-state index in [0.29, 0.717) is 18.5 Å². The van der Waals surface area contributed by atoms with Gasteiger partial charge in [0.1, 0.15) is 12.4 Å². The molecule has 0 saturated carbocycles. The minimum absolute atomic E-state index is 0.175. The van der Waals surface area contributed by atoms with E-state index >= 15 is 0 Å². The monoisotopic (exact) mass is 289 g/mol. The predicted octanol–water partition coefficient (Wildman–Crippen LogP) is 3.76. The first-order valence-corrected chi connectivity index (χ1v) is 6.81. The summed E-state index contributed by atoms with van der Waals surface area (Å²) in [4.78, 5) is 0. The Balaban J connectivity index is 2.75. The van der Waals surface area contributed by atoms with E-state index in [9.17, 15) is 13.2 Å². The zero-order valence-electron chi connectivity index (χ0n) is 12.2. The van der Waals surface area contributed by atoms with Gasteiger partial charge in [-0.25, -0.2) is 13.2 Å². The molecule has 0 saturated heterocycles. The van der Waals surface area contributed by atoms with E-state index in [-0.39, 0.29) is 18.5 Å². The van der Waals surface area contributed by atoms with E-state index in [2.05, 4.69) is 5.32 Å². The fourth-order valence-corrected chi connectivity index (χ4v) is 2.34. The normalized spacial score (nSPS) is 12.9. The van der Waals surface area contributed by atoms with E-state index in [1.54, 1.807) is 0 Å². The summed E-state index contributed by atoms with van der Waals surface area (Å²) in [7, 11) is 0. The van der Waals surface area contributed by atoms with Crippen LogP contribution in [0.25, 0.3) is 0 Å². The number of hydrogen-bond acceptors (Lipinski definition) is 2. The highest BCUT2D eigenvalue weighted by molar-refractivity contribution is 5.34. The van der Waals surface area contributed by atoms with E-state index in [0.717, 1.165) is 11.1 Å². The van der Waals surface area contributed by atoms with Crippen LogP contribution in [0, 0.1) is 19.7 Å². The highest BCUT2D eigenvalue weighted by Crippen LogP contribution is 2.25. The maximum atomic E-state index is 14.1. The van der Waals surface area contributed by atoms with Gasteiger partial charge in [0.25, 0.3) is 6.43 Å². The van der Waals surface area contributed by atoms with Crippen LogP contribution in [0.4, 0.5) is 13.2 Å². The summed E-state index contributed by atoms with van der Waals surface area (Å²) in [5, 5.41) is 3.18. The Labute approximate surface area is 118 Å². The van der Waals surface area contributed by atoms with Crippen molar-refractivity contribution in [1.29, 1.82) is 0 Å². The average molecular weight is 289 g/mol. The van der Waals surface area contributed by atoms with Gasteiger partial charge in [0.05, 0.1) is 0 Å². The van der Waals surface area contributed by atoms with Gasteiger partial charge in [-0.15, -0.1) is 0 Å². The van der Waals surface area contributed by atoms with Crippen LogP contribution >= 0.6 is 0 Å². The Morgan fingerprint density at radius 1 is 1.25 bits per heavy atom. The van der Waals surface area contributed by atoms with Crippen molar-refractivity contribution in [1.82, 2.24) is 5.32 Å². The van der Waals surface area contributed by atoms with Crippen LogP contribution in [0.5, 0.6) is 0 Å². The lowest BCUT2D eigenvalue weighted by Gasteiger charge is -2.21. The fraction of sp³-hybridized carbons (Fsp3) is 0.600. The number of rotatable bonds is 8. The maximum Gasteiger partial charge on any atom is 0.261 e. The standard InChI is InChI=1S/C15H22F3NO/c1-4-19-13(5-6-20-9-14(17)18)15-11(3)7-10(2)8-12(15)16/h7-8,13-14,19H,4-6,9H2,1-3H3. The number of halogens is 3. The molecule has 0 fully saturated rings. The SMILES string of the molecule is CCNC(CCOCC(F)F)c1c(C)cc(C)cc1F. The molecule has 114 valence electrons. The van der Waals surface area contributed by atoms with Crippen molar-refractivity contribution in [3.8, 4) is 0 Å². The second-order valence-corrected chi connectivity index (χ2v) is 4.84. The zero-order valence-corrected chi connectivity index (χ0v) is 12.2. The molecule has 0 aliphatic carbocycles. The first-order valence-electron chi connectivity index (χ1n) is 6.81. The first kappa shape index (κ1) is 17.0. The fourth-order valence-electron chi connectivity index (χ4n) is 2.34. The van der Waals surface area contributed by atoms with Crippen molar-refractivity contribution in [2.24, 2.45) is 0 Å². The van der Waals surface area contributed by atoms with Gasteiger partial charge >= 0.3 is 0 Å². The molecule has 1 aromatic rings. The number of ether oxygens (including phenoxy) is 1. The van der Waals surface area contributed by atoms with Gasteiger partial charge in [0.2, 0.25) is 0 Å². The third-order valence-electron chi connectivity index (χ3n) is 3.07. The molecule has 20 heavy (non-hydrogen) atoms. The maximum absolute atomic E-state index is 14.1. The zero-order chi connectivity index (χ0) is 15.1. The lowest BCUT2D eigenvalue weighted by Crippen LogP contribution is -2.24. The van der Waals surface area contributed by atoms with E-state index in [1.165, 1.54) is 6.07 Å². The van der Waals surface area contributed by atoms with Crippen LogP contribution in [0.3, 0.4) is 0 Å². The van der Waals surface area contributed by atoms with Crippen molar-refractivity contribution in [3.05, 3.63) is 34.6 Å². The van der Waals surface area contributed by atoms with E-state index < -0.39 is 13.0 Å². The van der Waals surface area contributed by atoms with Crippen molar-refractivity contribution < 1.29 is 17.9 Å². The molecule has 5 heteroatoms. The van der Waals surface area contributed by atoms with Crippen LogP contribution in [-0.2, 0) is 4.74 Å². The third kappa shape index (κ3) is 5.13. The Hall–Kier alpha value is -1.07. The van der Waals surface area contributed by atoms with Crippen LogP contribution in [-0.4, -0.2) is 26.2 Å². The highest BCUT2D eigenvalue weighted by Gasteiger charge is 2.18. The quantitative estimate of drug-likeness (QED) is 0.736. The first-order chi connectivity index (χ1) is 9.45. The molecule has 0 bridgehead atoms. The van der Waals surface area contributed by atoms with Gasteiger partial charge in [-0.2, -0.15) is 0 Å². The summed E-state index contributed by atoms with van der Waals surface area (Å²) >= 11 is 0. The summed E-state index contributed by atoms with van der Waals surface area (Å²) in [6.07, 6.45) is -2.01. The van der Waals surface area contributed by atoms with Crippen molar-refractivity contribution in [2.75, 3.05) is 19.8 Å². The molecule has 0 aliphatic rings. The van der Waals surface area contributed by atoms with Crippen LogP contribution < -0.4 is 5.32 Å². The minimum atomic E-state index is -2.47. The van der Waals surface area contributed by atoms with Gasteiger partial charge in [0, 0.05) is 18.2 Å². The molecule has 1 rings (SSSR count). The number of aryl methyl sites for hydroxylation is 2. The van der Waals surface area contributed by atoms with Gasteiger partial charge < -0.3 is 10.1 Å². The summed E-state index contributed by atoms with van der Waals surface area (Å²) in [5.74, 6) is -0.262. The van der Waals surface area contributed by atoms with E-state index in [4.69, 9.17) is 4.74 Å². The lowest BCUT2D eigenvalue weighted by atomic mass is 9.96. The number of hydrogen-bond donors (Lipinski definition) is 1. The van der Waals surface area contributed by atoms with Gasteiger partial charge in [-0.05, 0) is 44.0 Å². The molecule has 2 nitrogen and oxygen atoms in total. The smallest absolute Gasteiger partial charge is 0.261 e. The third-order valence-corrected chi connectivity index (χ3v) is 3.07. The lowest BCUT2D eigenvalue weighted by molar-refractivity contribution is 0.0143. The summed E-state index contributed by atoms with van der Waals surface area (Å²) in [6.45, 7) is 5.90. The number of alkyl halides is 2. The Kier molecular flexibility index (Phi) is 7.02. The molecule has 1 N–H and O–H groups in total. The molecular formula is C15H22F3NO. The number of benzene rings is 1. The van der Waals surface area contributed by atoms with Crippen molar-refractivity contribution in [2.45, 2.75) is 39.7 Å². The van der Waals surface area contributed by atoms with E-state index in [1.807, 2.05) is 26.8 Å². The molecule has 0 radical (unpaired) electrons. The molecule has 0 aromatic heterocycles. The molecule has 0 aliphatic heterocycles. The Morgan fingerprint density at radius 2 is 1.95 bits per heavy atom. The molecule has 1 aromatic carbocycles. The van der Waals surface area contributed by atoms with Crippen molar-refractivity contribution >= 4 is 0 Å². The van der Waals surface area contributed by atoms with Gasteiger partial charge in [0.15, 0.2) is 0 Å². The second kappa shape index (κ2) is 8.27. The molecule has 1 unspecified atom stereocenters. The molecule has 1 atom stereocenters. The van der Waals surface area contributed by atoms with Gasteiger partial charge in [-0.1, -0.05) is 13.0 Å². The summed E-state index contributed by atoms with van der Waals surface area (Å²) < 4.78 is 43.0. The average Bonchev–Trinajstić information content (AvgIpc) is 2.32. The molecule has 0 amide bonds. The molecule has 0 heterocycles. The van der Waals surface area contributed by atoms with Crippen molar-refractivity contribution in [3.63, 3.8) is 0 Å². The van der Waals surface area contributed by atoms with Crippen LogP contribution in [0.15, 0.2) is 12.1 Å². The predicted molar refractivity (Wildman–Crippen MR) is 73.7 cm³/mol. The summed E-state index contributed by atoms with van der Waals surface area (Å²) in [6, 6.07) is 3.19. The molecule has 0 spiro atoms. The highest BCUT2D eigenvalue weighted by atomic mass is 19.3. The molecular weight excluding hydrogens is 267 g/mol. The summed E-state index contributed by atoms with van der Waals surface area (Å²) in [5.41, 5.74) is 2.33. The van der Waals surface area contributed by atoms with Crippen LogP contribution in [0.2, 0.25) is 0 Å². The number of nitrogens with one attached hydrogen (secondary N) is 1. The Morgan fingerprint density at radius 3 is 2.50 bits per heavy atom. The topological polar surface area (TPSA) is 21.3 Å².